The minimum atomic E-state index is 0.822. The van der Waals surface area contributed by atoms with Crippen molar-refractivity contribution in [3.8, 4) is 0 Å². The van der Waals surface area contributed by atoms with Crippen LogP contribution in [0.2, 0.25) is 0 Å². The summed E-state index contributed by atoms with van der Waals surface area (Å²) in [6.45, 7) is 6.97. The standard InChI is InChI=1S/C10H24N2O/c1-4-13-10-8-11-7-5-6-9-12(2)3/h11H,4-10H2,1-3H3. The highest BCUT2D eigenvalue weighted by molar-refractivity contribution is 4.50. The number of nitrogens with zero attached hydrogens (tertiary/aromatic N) is 1. The molecule has 0 rings (SSSR count). The van der Waals surface area contributed by atoms with Gasteiger partial charge in [0, 0.05) is 13.2 Å². The van der Waals surface area contributed by atoms with Gasteiger partial charge in [-0.2, -0.15) is 0 Å². The third-order valence-electron chi connectivity index (χ3n) is 1.84. The Morgan fingerprint density at radius 2 is 1.92 bits per heavy atom. The number of hydrogen-bond acceptors (Lipinski definition) is 3. The zero-order valence-corrected chi connectivity index (χ0v) is 9.31. The lowest BCUT2D eigenvalue weighted by Crippen LogP contribution is -2.22. The van der Waals surface area contributed by atoms with E-state index in [9.17, 15) is 0 Å². The van der Waals surface area contributed by atoms with Crippen molar-refractivity contribution in [2.75, 3.05) is 46.9 Å². The number of ether oxygens (including phenoxy) is 1. The number of rotatable bonds is 9. The molecule has 80 valence electrons. The van der Waals surface area contributed by atoms with Gasteiger partial charge in [-0.05, 0) is 47.0 Å². The van der Waals surface area contributed by atoms with Gasteiger partial charge in [0.1, 0.15) is 0 Å². The van der Waals surface area contributed by atoms with Crippen molar-refractivity contribution in [3.05, 3.63) is 0 Å². The summed E-state index contributed by atoms with van der Waals surface area (Å²) < 4.78 is 5.21. The summed E-state index contributed by atoms with van der Waals surface area (Å²) in [6, 6.07) is 0. The van der Waals surface area contributed by atoms with Crippen LogP contribution >= 0.6 is 0 Å². The SMILES string of the molecule is CCOCCNCCCCN(C)C. The fraction of sp³-hybridized carbons (Fsp3) is 1.00. The van der Waals surface area contributed by atoms with E-state index in [0.717, 1.165) is 26.3 Å². The molecule has 0 aromatic rings. The predicted octanol–water partition coefficient (Wildman–Crippen LogP) is 0.954. The molecule has 0 aliphatic heterocycles. The third-order valence-corrected chi connectivity index (χ3v) is 1.84. The van der Waals surface area contributed by atoms with Crippen LogP contribution in [-0.2, 0) is 4.74 Å². The smallest absolute Gasteiger partial charge is 0.0590 e. The van der Waals surface area contributed by atoms with Crippen molar-refractivity contribution in [2.45, 2.75) is 19.8 Å². The molecular formula is C10H24N2O. The van der Waals surface area contributed by atoms with E-state index in [1.165, 1.54) is 19.4 Å². The summed E-state index contributed by atoms with van der Waals surface area (Å²) in [5, 5.41) is 3.35. The molecule has 0 heterocycles. The van der Waals surface area contributed by atoms with Crippen LogP contribution in [0.15, 0.2) is 0 Å². The van der Waals surface area contributed by atoms with E-state index >= 15 is 0 Å². The van der Waals surface area contributed by atoms with E-state index in [1.807, 2.05) is 6.92 Å². The quantitative estimate of drug-likeness (QED) is 0.545. The predicted molar refractivity (Wildman–Crippen MR) is 57.2 cm³/mol. The van der Waals surface area contributed by atoms with Crippen LogP contribution in [0.25, 0.3) is 0 Å². The van der Waals surface area contributed by atoms with Gasteiger partial charge in [-0.1, -0.05) is 0 Å². The Kier molecular flexibility index (Phi) is 9.87. The summed E-state index contributed by atoms with van der Waals surface area (Å²) in [6.07, 6.45) is 2.53. The summed E-state index contributed by atoms with van der Waals surface area (Å²) in [4.78, 5) is 2.22. The van der Waals surface area contributed by atoms with E-state index in [2.05, 4.69) is 24.3 Å². The summed E-state index contributed by atoms with van der Waals surface area (Å²) in [5.74, 6) is 0. The summed E-state index contributed by atoms with van der Waals surface area (Å²) in [7, 11) is 4.23. The first-order valence-corrected chi connectivity index (χ1v) is 5.20. The largest absolute Gasteiger partial charge is 0.380 e. The zero-order valence-electron chi connectivity index (χ0n) is 9.31. The molecule has 0 saturated carbocycles. The normalized spacial score (nSPS) is 11.1. The molecule has 0 fully saturated rings. The van der Waals surface area contributed by atoms with Gasteiger partial charge in [0.2, 0.25) is 0 Å². The van der Waals surface area contributed by atoms with E-state index in [4.69, 9.17) is 4.74 Å². The molecule has 0 atom stereocenters. The van der Waals surface area contributed by atoms with Gasteiger partial charge in [0.15, 0.2) is 0 Å². The minimum Gasteiger partial charge on any atom is -0.380 e. The lowest BCUT2D eigenvalue weighted by Gasteiger charge is -2.09. The van der Waals surface area contributed by atoms with Crippen LogP contribution in [0.1, 0.15) is 19.8 Å². The second kappa shape index (κ2) is 9.96. The maximum atomic E-state index is 5.21. The van der Waals surface area contributed by atoms with Crippen LogP contribution in [0.5, 0.6) is 0 Å². The molecule has 0 aliphatic carbocycles. The van der Waals surface area contributed by atoms with Gasteiger partial charge in [-0.3, -0.25) is 0 Å². The maximum absolute atomic E-state index is 5.21. The van der Waals surface area contributed by atoms with Crippen molar-refractivity contribution in [1.29, 1.82) is 0 Å². The van der Waals surface area contributed by atoms with Crippen LogP contribution in [-0.4, -0.2) is 51.8 Å². The highest BCUT2D eigenvalue weighted by atomic mass is 16.5. The molecule has 0 amide bonds. The third kappa shape index (κ3) is 11.9. The summed E-state index contributed by atoms with van der Waals surface area (Å²) in [5.41, 5.74) is 0. The van der Waals surface area contributed by atoms with E-state index in [1.54, 1.807) is 0 Å². The first-order chi connectivity index (χ1) is 6.27. The molecule has 3 nitrogen and oxygen atoms in total. The van der Waals surface area contributed by atoms with Crippen molar-refractivity contribution < 1.29 is 4.74 Å². The lowest BCUT2D eigenvalue weighted by atomic mass is 10.3. The molecule has 1 N–H and O–H groups in total. The van der Waals surface area contributed by atoms with Crippen LogP contribution in [0.3, 0.4) is 0 Å². The number of unbranched alkanes of at least 4 members (excludes halogenated alkanes) is 1. The molecule has 13 heavy (non-hydrogen) atoms. The van der Waals surface area contributed by atoms with Gasteiger partial charge >= 0.3 is 0 Å². The Balaban J connectivity index is 2.84. The average Bonchev–Trinajstić information content (AvgIpc) is 2.09. The van der Waals surface area contributed by atoms with Gasteiger partial charge in [0.25, 0.3) is 0 Å². The first kappa shape index (κ1) is 12.9. The number of hydrogen-bond donors (Lipinski definition) is 1. The molecule has 0 saturated heterocycles. The zero-order chi connectivity index (χ0) is 9.94. The lowest BCUT2D eigenvalue weighted by molar-refractivity contribution is 0.149. The molecule has 3 heteroatoms. The fourth-order valence-electron chi connectivity index (χ4n) is 1.09. The Labute approximate surface area is 82.4 Å². The second-order valence-corrected chi connectivity index (χ2v) is 3.46. The number of nitrogens with one attached hydrogen (secondary N) is 1. The van der Waals surface area contributed by atoms with Crippen LogP contribution < -0.4 is 5.32 Å². The van der Waals surface area contributed by atoms with Crippen molar-refractivity contribution >= 4 is 0 Å². The summed E-state index contributed by atoms with van der Waals surface area (Å²) >= 11 is 0. The Hall–Kier alpha value is -0.120. The fourth-order valence-corrected chi connectivity index (χ4v) is 1.09. The van der Waals surface area contributed by atoms with E-state index in [-0.39, 0.29) is 0 Å². The van der Waals surface area contributed by atoms with Gasteiger partial charge in [0.05, 0.1) is 6.61 Å². The highest BCUT2D eigenvalue weighted by Gasteiger charge is 1.91. The Morgan fingerprint density at radius 1 is 1.15 bits per heavy atom. The minimum absolute atomic E-state index is 0.822. The van der Waals surface area contributed by atoms with E-state index in [0.29, 0.717) is 0 Å². The van der Waals surface area contributed by atoms with Gasteiger partial charge in [-0.15, -0.1) is 0 Å². The van der Waals surface area contributed by atoms with Gasteiger partial charge < -0.3 is 15.0 Å². The molecule has 0 aromatic carbocycles. The highest BCUT2D eigenvalue weighted by Crippen LogP contribution is 1.88. The van der Waals surface area contributed by atoms with Gasteiger partial charge in [-0.25, -0.2) is 0 Å². The van der Waals surface area contributed by atoms with Crippen molar-refractivity contribution in [2.24, 2.45) is 0 Å². The first-order valence-electron chi connectivity index (χ1n) is 5.20. The molecule has 0 radical (unpaired) electrons. The average molecular weight is 188 g/mol. The van der Waals surface area contributed by atoms with Crippen molar-refractivity contribution in [3.63, 3.8) is 0 Å². The molecular weight excluding hydrogens is 164 g/mol. The topological polar surface area (TPSA) is 24.5 Å². The Bertz CT molecular complexity index is 96.9. The molecule has 0 unspecified atom stereocenters. The monoisotopic (exact) mass is 188 g/mol. The molecule has 0 spiro atoms. The van der Waals surface area contributed by atoms with Crippen LogP contribution in [0, 0.1) is 0 Å². The molecule has 0 aliphatic rings. The van der Waals surface area contributed by atoms with Crippen molar-refractivity contribution in [1.82, 2.24) is 10.2 Å². The molecule has 0 bridgehead atoms. The molecule has 0 aromatic heterocycles. The maximum Gasteiger partial charge on any atom is 0.0590 e. The van der Waals surface area contributed by atoms with Crippen LogP contribution in [0.4, 0.5) is 0 Å². The van der Waals surface area contributed by atoms with E-state index < -0.39 is 0 Å². The second-order valence-electron chi connectivity index (χ2n) is 3.46. The Morgan fingerprint density at radius 3 is 2.54 bits per heavy atom.